The van der Waals surface area contributed by atoms with Crippen LogP contribution in [0.25, 0.3) is 11.3 Å². The standard InChI is InChI=1S/C14H17N3/c1-11(2)17-9-12-4-3-5-13(8-12)14-10-15-6-7-16-14/h3-8,10-11,17H,9H2,1-2H3. The number of aromatic nitrogens is 2. The summed E-state index contributed by atoms with van der Waals surface area (Å²) in [5, 5.41) is 3.40. The Morgan fingerprint density at radius 1 is 1.24 bits per heavy atom. The second kappa shape index (κ2) is 5.55. The lowest BCUT2D eigenvalue weighted by Crippen LogP contribution is -2.21. The van der Waals surface area contributed by atoms with Gasteiger partial charge in [-0.3, -0.25) is 9.97 Å². The zero-order chi connectivity index (χ0) is 12.1. The number of rotatable bonds is 4. The minimum atomic E-state index is 0.496. The Kier molecular flexibility index (Phi) is 3.83. The second-order valence-corrected chi connectivity index (χ2v) is 4.33. The lowest BCUT2D eigenvalue weighted by atomic mass is 10.1. The van der Waals surface area contributed by atoms with Crippen LogP contribution in [0.1, 0.15) is 19.4 Å². The van der Waals surface area contributed by atoms with E-state index in [1.807, 2.05) is 0 Å². The lowest BCUT2D eigenvalue weighted by molar-refractivity contribution is 0.589. The molecule has 0 saturated carbocycles. The first-order valence-corrected chi connectivity index (χ1v) is 5.84. The summed E-state index contributed by atoms with van der Waals surface area (Å²) in [5.74, 6) is 0. The molecule has 1 aromatic carbocycles. The van der Waals surface area contributed by atoms with E-state index in [4.69, 9.17) is 0 Å². The monoisotopic (exact) mass is 227 g/mol. The number of nitrogens with one attached hydrogen (secondary N) is 1. The van der Waals surface area contributed by atoms with Gasteiger partial charge in [0.05, 0.1) is 11.9 Å². The van der Waals surface area contributed by atoms with Crippen molar-refractivity contribution in [3.63, 3.8) is 0 Å². The van der Waals surface area contributed by atoms with E-state index in [1.54, 1.807) is 18.6 Å². The van der Waals surface area contributed by atoms with Crippen molar-refractivity contribution in [1.82, 2.24) is 15.3 Å². The first kappa shape index (κ1) is 11.7. The molecule has 0 radical (unpaired) electrons. The van der Waals surface area contributed by atoms with Gasteiger partial charge < -0.3 is 5.32 Å². The summed E-state index contributed by atoms with van der Waals surface area (Å²) in [7, 11) is 0. The van der Waals surface area contributed by atoms with Gasteiger partial charge in [0.1, 0.15) is 0 Å². The van der Waals surface area contributed by atoms with E-state index in [2.05, 4.69) is 53.4 Å². The summed E-state index contributed by atoms with van der Waals surface area (Å²) in [5.41, 5.74) is 3.29. The predicted octanol–water partition coefficient (Wildman–Crippen LogP) is 2.64. The number of hydrogen-bond acceptors (Lipinski definition) is 3. The summed E-state index contributed by atoms with van der Waals surface area (Å²) in [6.07, 6.45) is 5.19. The minimum Gasteiger partial charge on any atom is -0.310 e. The maximum Gasteiger partial charge on any atom is 0.0885 e. The zero-order valence-corrected chi connectivity index (χ0v) is 10.2. The summed E-state index contributed by atoms with van der Waals surface area (Å²) in [6.45, 7) is 5.17. The zero-order valence-electron chi connectivity index (χ0n) is 10.2. The van der Waals surface area contributed by atoms with E-state index >= 15 is 0 Å². The first-order chi connectivity index (χ1) is 8.25. The Morgan fingerprint density at radius 3 is 2.82 bits per heavy atom. The van der Waals surface area contributed by atoms with Crippen molar-refractivity contribution in [1.29, 1.82) is 0 Å². The van der Waals surface area contributed by atoms with E-state index in [9.17, 15) is 0 Å². The molecule has 3 nitrogen and oxygen atoms in total. The lowest BCUT2D eigenvalue weighted by Gasteiger charge is -2.09. The average Bonchev–Trinajstić information content (AvgIpc) is 2.38. The molecule has 1 N–H and O–H groups in total. The van der Waals surface area contributed by atoms with E-state index in [1.165, 1.54) is 5.56 Å². The molecular formula is C14H17N3. The highest BCUT2D eigenvalue weighted by atomic mass is 14.9. The number of hydrogen-bond donors (Lipinski definition) is 1. The Bertz CT molecular complexity index is 466. The van der Waals surface area contributed by atoms with Gasteiger partial charge in [-0.1, -0.05) is 32.0 Å². The van der Waals surface area contributed by atoms with Gasteiger partial charge in [-0.25, -0.2) is 0 Å². The first-order valence-electron chi connectivity index (χ1n) is 5.84. The Morgan fingerprint density at radius 2 is 2.12 bits per heavy atom. The molecule has 0 amide bonds. The fourth-order valence-electron chi connectivity index (χ4n) is 1.61. The highest BCUT2D eigenvalue weighted by Gasteiger charge is 2.01. The van der Waals surface area contributed by atoms with Crippen molar-refractivity contribution in [2.45, 2.75) is 26.4 Å². The third-order valence-corrected chi connectivity index (χ3v) is 2.50. The van der Waals surface area contributed by atoms with Crippen molar-refractivity contribution in [3.05, 3.63) is 48.4 Å². The molecule has 0 saturated heterocycles. The van der Waals surface area contributed by atoms with Gasteiger partial charge in [0, 0.05) is 30.5 Å². The fourth-order valence-corrected chi connectivity index (χ4v) is 1.61. The smallest absolute Gasteiger partial charge is 0.0885 e. The van der Waals surface area contributed by atoms with Crippen LogP contribution in [0.3, 0.4) is 0 Å². The maximum atomic E-state index is 4.30. The summed E-state index contributed by atoms with van der Waals surface area (Å²) < 4.78 is 0. The topological polar surface area (TPSA) is 37.8 Å². The summed E-state index contributed by atoms with van der Waals surface area (Å²) in [4.78, 5) is 8.39. The second-order valence-electron chi connectivity index (χ2n) is 4.33. The molecule has 0 bridgehead atoms. The van der Waals surface area contributed by atoms with Crippen molar-refractivity contribution < 1.29 is 0 Å². The van der Waals surface area contributed by atoms with Crippen LogP contribution in [0.5, 0.6) is 0 Å². The quantitative estimate of drug-likeness (QED) is 0.872. The normalized spacial score (nSPS) is 10.8. The van der Waals surface area contributed by atoms with Gasteiger partial charge in [0.15, 0.2) is 0 Å². The predicted molar refractivity (Wildman–Crippen MR) is 69.4 cm³/mol. The highest BCUT2D eigenvalue weighted by molar-refractivity contribution is 5.58. The molecule has 0 aliphatic heterocycles. The SMILES string of the molecule is CC(C)NCc1cccc(-c2cnccn2)c1. The largest absolute Gasteiger partial charge is 0.310 e. The third-order valence-electron chi connectivity index (χ3n) is 2.50. The van der Waals surface area contributed by atoms with Crippen LogP contribution < -0.4 is 5.32 Å². The average molecular weight is 227 g/mol. The Labute approximate surface area is 102 Å². The van der Waals surface area contributed by atoms with E-state index in [0.29, 0.717) is 6.04 Å². The maximum absolute atomic E-state index is 4.30. The van der Waals surface area contributed by atoms with Crippen LogP contribution in [0.15, 0.2) is 42.9 Å². The van der Waals surface area contributed by atoms with Crippen LogP contribution in [-0.2, 0) is 6.54 Å². The van der Waals surface area contributed by atoms with E-state index in [0.717, 1.165) is 17.8 Å². The van der Waals surface area contributed by atoms with Gasteiger partial charge in [0.2, 0.25) is 0 Å². The van der Waals surface area contributed by atoms with E-state index in [-0.39, 0.29) is 0 Å². The summed E-state index contributed by atoms with van der Waals surface area (Å²) >= 11 is 0. The highest BCUT2D eigenvalue weighted by Crippen LogP contribution is 2.16. The van der Waals surface area contributed by atoms with Crippen LogP contribution in [0.4, 0.5) is 0 Å². The van der Waals surface area contributed by atoms with Gasteiger partial charge in [-0.2, -0.15) is 0 Å². The molecule has 1 heterocycles. The van der Waals surface area contributed by atoms with Gasteiger partial charge in [-0.15, -0.1) is 0 Å². The van der Waals surface area contributed by atoms with Gasteiger partial charge in [-0.05, 0) is 11.6 Å². The molecule has 2 aromatic rings. The van der Waals surface area contributed by atoms with Crippen LogP contribution in [0.2, 0.25) is 0 Å². The van der Waals surface area contributed by atoms with E-state index < -0.39 is 0 Å². The van der Waals surface area contributed by atoms with Crippen molar-refractivity contribution >= 4 is 0 Å². The molecule has 88 valence electrons. The molecule has 0 atom stereocenters. The Balaban J connectivity index is 2.17. The van der Waals surface area contributed by atoms with Crippen LogP contribution in [-0.4, -0.2) is 16.0 Å². The minimum absolute atomic E-state index is 0.496. The third kappa shape index (κ3) is 3.36. The fraction of sp³-hybridized carbons (Fsp3) is 0.286. The summed E-state index contributed by atoms with van der Waals surface area (Å²) in [6, 6.07) is 8.88. The van der Waals surface area contributed by atoms with Crippen molar-refractivity contribution in [3.8, 4) is 11.3 Å². The number of nitrogens with zero attached hydrogens (tertiary/aromatic N) is 2. The van der Waals surface area contributed by atoms with Crippen molar-refractivity contribution in [2.24, 2.45) is 0 Å². The van der Waals surface area contributed by atoms with Gasteiger partial charge >= 0.3 is 0 Å². The molecule has 0 spiro atoms. The molecule has 17 heavy (non-hydrogen) atoms. The molecule has 3 heteroatoms. The molecular weight excluding hydrogens is 210 g/mol. The Hall–Kier alpha value is -1.74. The molecule has 1 aromatic heterocycles. The molecule has 0 aliphatic carbocycles. The molecule has 0 unspecified atom stereocenters. The van der Waals surface area contributed by atoms with Gasteiger partial charge in [0.25, 0.3) is 0 Å². The molecule has 2 rings (SSSR count). The number of benzene rings is 1. The van der Waals surface area contributed by atoms with Crippen LogP contribution in [0, 0.1) is 0 Å². The van der Waals surface area contributed by atoms with Crippen LogP contribution >= 0.6 is 0 Å². The molecule has 0 aliphatic rings. The van der Waals surface area contributed by atoms with Crippen molar-refractivity contribution in [2.75, 3.05) is 0 Å². The molecule has 0 fully saturated rings.